The molecule has 0 aromatic heterocycles. The molecule has 1 saturated heterocycles. The lowest BCUT2D eigenvalue weighted by atomic mass is 9.57. The predicted molar refractivity (Wildman–Crippen MR) is 135 cm³/mol. The Morgan fingerprint density at radius 2 is 1.44 bits per heavy atom. The fourth-order valence-corrected chi connectivity index (χ4v) is 8.72. The van der Waals surface area contributed by atoms with Crippen molar-refractivity contribution in [2.24, 2.45) is 16.7 Å². The summed E-state index contributed by atoms with van der Waals surface area (Å²) in [5.41, 5.74) is 1.11. The minimum Gasteiger partial charge on any atom is -0.481 e. The van der Waals surface area contributed by atoms with Gasteiger partial charge >= 0.3 is 12.1 Å². The van der Waals surface area contributed by atoms with Crippen molar-refractivity contribution in [3.05, 3.63) is 35.4 Å². The van der Waals surface area contributed by atoms with Gasteiger partial charge in [0.1, 0.15) is 0 Å². The fraction of sp³-hybridized carbons (Fsp3) is 0.767. The third kappa shape index (κ3) is 5.63. The van der Waals surface area contributed by atoms with E-state index in [0.29, 0.717) is 10.8 Å². The van der Waals surface area contributed by atoms with E-state index >= 15 is 0 Å². The Morgan fingerprint density at radius 1 is 0.889 bits per heavy atom. The van der Waals surface area contributed by atoms with E-state index in [1.54, 1.807) is 12.1 Å². The van der Waals surface area contributed by atoms with Gasteiger partial charge in [0.15, 0.2) is 0 Å². The molecular formula is C30H42F3NO2. The van der Waals surface area contributed by atoms with Gasteiger partial charge in [-0.1, -0.05) is 50.7 Å². The number of hydrogen-bond acceptors (Lipinski definition) is 2. The molecule has 3 saturated carbocycles. The summed E-state index contributed by atoms with van der Waals surface area (Å²) in [5, 5.41) is 9.46. The van der Waals surface area contributed by atoms with Crippen LogP contribution in [-0.2, 0) is 11.0 Å². The first-order valence-corrected chi connectivity index (χ1v) is 14.3. The lowest BCUT2D eigenvalue weighted by Gasteiger charge is -2.58. The molecule has 200 valence electrons. The summed E-state index contributed by atoms with van der Waals surface area (Å²) in [7, 11) is 0. The van der Waals surface area contributed by atoms with Crippen LogP contribution in [0.1, 0.15) is 113 Å². The average Bonchev–Trinajstić information content (AvgIpc) is 2.84. The highest BCUT2D eigenvalue weighted by Gasteiger charge is 2.50. The lowest BCUT2D eigenvalue weighted by Crippen LogP contribution is -2.58. The number of halogens is 3. The highest BCUT2D eigenvalue weighted by Crippen LogP contribution is 2.56. The van der Waals surface area contributed by atoms with E-state index in [-0.39, 0.29) is 24.3 Å². The summed E-state index contributed by atoms with van der Waals surface area (Å²) in [5.74, 6) is -0.599. The molecule has 0 amide bonds. The van der Waals surface area contributed by atoms with Crippen LogP contribution in [0.5, 0.6) is 0 Å². The van der Waals surface area contributed by atoms with Gasteiger partial charge in [-0.05, 0) is 91.7 Å². The maximum Gasteiger partial charge on any atom is 0.416 e. The first-order valence-electron chi connectivity index (χ1n) is 14.3. The Hall–Kier alpha value is -1.56. The number of aliphatic carboxylic acids is 1. The Kier molecular flexibility index (Phi) is 7.46. The second-order valence-corrected chi connectivity index (χ2v) is 12.8. The minimum atomic E-state index is -4.34. The van der Waals surface area contributed by atoms with E-state index in [0.717, 1.165) is 37.9 Å². The molecule has 3 nitrogen and oxygen atoms in total. The number of hydrogen-bond donors (Lipinski definition) is 1. The van der Waals surface area contributed by atoms with E-state index in [2.05, 4.69) is 4.90 Å². The SMILES string of the molecule is O=C(O)C[C@@H]1CC[C@@H](N2CC3(CCCCC3)CC3(CCCCC3)C2)[C@H](c2ccc(C(F)(F)F)cc2)C1. The van der Waals surface area contributed by atoms with Crippen LogP contribution in [0.3, 0.4) is 0 Å². The minimum absolute atomic E-state index is 0.0862. The summed E-state index contributed by atoms with van der Waals surface area (Å²) >= 11 is 0. The molecule has 1 heterocycles. The molecule has 3 aliphatic carbocycles. The molecule has 1 aromatic carbocycles. The molecule has 1 N–H and O–H groups in total. The molecule has 1 aromatic rings. The standard InChI is InChI=1S/C30H42F3NO2/c31-30(32,33)24-10-8-23(9-11-24)25-17-22(18-27(35)36)7-12-26(25)34-20-28(13-3-1-4-14-28)19-29(21-34)15-5-2-6-16-29/h8-11,22,25-26H,1-7,12-21H2,(H,35,36)/t22-,25+,26-/m1/s1. The Labute approximate surface area is 213 Å². The van der Waals surface area contributed by atoms with Crippen molar-refractivity contribution >= 4 is 5.97 Å². The van der Waals surface area contributed by atoms with Crippen molar-refractivity contribution in [2.45, 2.75) is 114 Å². The van der Waals surface area contributed by atoms with Crippen LogP contribution >= 0.6 is 0 Å². The summed E-state index contributed by atoms with van der Waals surface area (Å²) in [6.45, 7) is 2.22. The van der Waals surface area contributed by atoms with Crippen LogP contribution in [0, 0.1) is 16.7 Å². The average molecular weight is 506 g/mol. The number of carbonyl (C=O) groups is 1. The monoisotopic (exact) mass is 505 g/mol. The molecule has 0 unspecified atom stereocenters. The molecule has 4 fully saturated rings. The topological polar surface area (TPSA) is 40.5 Å². The second kappa shape index (κ2) is 10.3. The first-order chi connectivity index (χ1) is 17.2. The number of likely N-dealkylation sites (tertiary alicyclic amines) is 1. The van der Waals surface area contributed by atoms with Crippen molar-refractivity contribution < 1.29 is 23.1 Å². The van der Waals surface area contributed by atoms with Gasteiger partial charge in [-0.2, -0.15) is 13.2 Å². The van der Waals surface area contributed by atoms with Crippen LogP contribution < -0.4 is 0 Å². The number of carboxylic acids is 1. The highest BCUT2D eigenvalue weighted by atomic mass is 19.4. The van der Waals surface area contributed by atoms with Gasteiger partial charge in [0.2, 0.25) is 0 Å². The smallest absolute Gasteiger partial charge is 0.416 e. The zero-order chi connectivity index (χ0) is 25.4. The van der Waals surface area contributed by atoms with Crippen LogP contribution in [0.15, 0.2) is 24.3 Å². The number of alkyl halides is 3. The highest BCUT2D eigenvalue weighted by molar-refractivity contribution is 5.67. The van der Waals surface area contributed by atoms with E-state index in [1.165, 1.54) is 82.8 Å². The molecule has 6 heteroatoms. The van der Waals surface area contributed by atoms with Gasteiger partial charge in [0.05, 0.1) is 5.56 Å². The van der Waals surface area contributed by atoms with Gasteiger partial charge in [-0.3, -0.25) is 9.69 Å². The first kappa shape index (κ1) is 26.1. The van der Waals surface area contributed by atoms with Gasteiger partial charge in [-0.15, -0.1) is 0 Å². The van der Waals surface area contributed by atoms with Crippen LogP contribution in [0.2, 0.25) is 0 Å². The van der Waals surface area contributed by atoms with Crippen molar-refractivity contribution in [3.8, 4) is 0 Å². The van der Waals surface area contributed by atoms with Crippen molar-refractivity contribution in [3.63, 3.8) is 0 Å². The molecule has 5 rings (SSSR count). The molecular weight excluding hydrogens is 463 g/mol. The zero-order valence-electron chi connectivity index (χ0n) is 21.5. The second-order valence-electron chi connectivity index (χ2n) is 12.8. The van der Waals surface area contributed by atoms with Gasteiger partial charge in [-0.25, -0.2) is 0 Å². The summed E-state index contributed by atoms with van der Waals surface area (Å²) < 4.78 is 39.8. The molecule has 0 radical (unpaired) electrons. The fourth-order valence-electron chi connectivity index (χ4n) is 8.72. The van der Waals surface area contributed by atoms with Gasteiger partial charge in [0.25, 0.3) is 0 Å². The molecule has 3 atom stereocenters. The van der Waals surface area contributed by atoms with Crippen molar-refractivity contribution in [1.82, 2.24) is 4.90 Å². The predicted octanol–water partition coefficient (Wildman–Crippen LogP) is 8.04. The Bertz CT molecular complexity index is 874. The molecule has 2 spiro atoms. The van der Waals surface area contributed by atoms with E-state index in [1.807, 2.05) is 0 Å². The Balaban J connectivity index is 1.45. The van der Waals surface area contributed by atoms with Crippen LogP contribution in [0.25, 0.3) is 0 Å². The summed E-state index contributed by atoms with van der Waals surface area (Å²) in [6.07, 6.45) is 12.9. The third-order valence-electron chi connectivity index (χ3n) is 10.2. The number of benzene rings is 1. The zero-order valence-corrected chi connectivity index (χ0v) is 21.5. The normalized spacial score (nSPS) is 30.9. The van der Waals surface area contributed by atoms with Crippen molar-refractivity contribution in [1.29, 1.82) is 0 Å². The number of nitrogens with zero attached hydrogens (tertiary/aromatic N) is 1. The van der Waals surface area contributed by atoms with Gasteiger partial charge < -0.3 is 5.11 Å². The maximum absolute atomic E-state index is 13.3. The molecule has 0 bridgehead atoms. The molecule has 1 aliphatic heterocycles. The number of carboxylic acid groups (broad SMARTS) is 1. The molecule has 4 aliphatic rings. The van der Waals surface area contributed by atoms with Crippen LogP contribution in [-0.4, -0.2) is 35.1 Å². The van der Waals surface area contributed by atoms with Gasteiger partial charge in [0, 0.05) is 25.6 Å². The number of rotatable bonds is 4. The largest absolute Gasteiger partial charge is 0.481 e. The lowest BCUT2D eigenvalue weighted by molar-refractivity contribution is -0.139. The summed E-state index contributed by atoms with van der Waals surface area (Å²) in [6, 6.07) is 6.05. The maximum atomic E-state index is 13.3. The Morgan fingerprint density at radius 3 is 1.94 bits per heavy atom. The third-order valence-corrected chi connectivity index (χ3v) is 10.2. The molecule has 36 heavy (non-hydrogen) atoms. The van der Waals surface area contributed by atoms with Crippen LogP contribution in [0.4, 0.5) is 13.2 Å². The van der Waals surface area contributed by atoms with E-state index in [4.69, 9.17) is 0 Å². The van der Waals surface area contributed by atoms with Crippen molar-refractivity contribution in [2.75, 3.05) is 13.1 Å². The number of piperidine rings is 1. The summed E-state index contributed by atoms with van der Waals surface area (Å²) in [4.78, 5) is 14.3. The van der Waals surface area contributed by atoms with E-state index in [9.17, 15) is 23.1 Å². The van der Waals surface area contributed by atoms with E-state index < -0.39 is 17.7 Å². The quantitative estimate of drug-likeness (QED) is 0.450.